The van der Waals surface area contributed by atoms with Crippen LogP contribution in [0.5, 0.6) is 0 Å². The van der Waals surface area contributed by atoms with Gasteiger partial charge in [0.1, 0.15) is 5.82 Å². The van der Waals surface area contributed by atoms with Gasteiger partial charge in [-0.15, -0.1) is 5.10 Å². The van der Waals surface area contributed by atoms with Gasteiger partial charge in [0.2, 0.25) is 0 Å². The molecular formula is C21H23N7O. The van der Waals surface area contributed by atoms with Crippen LogP contribution in [-0.2, 0) is 18.4 Å². The molecule has 0 bridgehead atoms. The van der Waals surface area contributed by atoms with Crippen LogP contribution in [0, 0.1) is 0 Å². The molecule has 4 rings (SSSR count). The van der Waals surface area contributed by atoms with Crippen LogP contribution < -0.4 is 5.32 Å². The molecule has 0 amide bonds. The van der Waals surface area contributed by atoms with Crippen LogP contribution in [0.15, 0.2) is 42.9 Å². The van der Waals surface area contributed by atoms with E-state index < -0.39 is 0 Å². The maximum Gasteiger partial charge on any atom is 0.154 e. The molecule has 4 aromatic heterocycles. The summed E-state index contributed by atoms with van der Waals surface area (Å²) in [6, 6.07) is 7.83. The van der Waals surface area contributed by atoms with E-state index >= 15 is 0 Å². The second-order valence-corrected chi connectivity index (χ2v) is 7.21. The molecule has 0 atom stereocenters. The highest BCUT2D eigenvalue weighted by Crippen LogP contribution is 2.26. The number of hydrogen-bond acceptors (Lipinski definition) is 7. The SMILES string of the molecule is COCc1nn(C)cc1-c1cnc2ccc(Nc3cc(C(C)C)cnn3)nc2c1. The molecule has 0 aliphatic heterocycles. The quantitative estimate of drug-likeness (QED) is 0.536. The molecule has 148 valence electrons. The first kappa shape index (κ1) is 18.9. The molecule has 1 N–H and O–H groups in total. The van der Waals surface area contributed by atoms with Crippen LogP contribution in [0.25, 0.3) is 22.2 Å². The Morgan fingerprint density at radius 3 is 2.76 bits per heavy atom. The van der Waals surface area contributed by atoms with Gasteiger partial charge in [-0.3, -0.25) is 9.67 Å². The van der Waals surface area contributed by atoms with Gasteiger partial charge >= 0.3 is 0 Å². The minimum absolute atomic E-state index is 0.378. The summed E-state index contributed by atoms with van der Waals surface area (Å²) in [5, 5.41) is 15.9. The predicted octanol–water partition coefficient (Wildman–Crippen LogP) is 3.83. The number of nitrogens with zero attached hydrogens (tertiary/aromatic N) is 6. The summed E-state index contributed by atoms with van der Waals surface area (Å²) in [4.78, 5) is 9.27. The van der Waals surface area contributed by atoms with Crippen LogP contribution in [-0.4, -0.2) is 37.1 Å². The van der Waals surface area contributed by atoms with Crippen LogP contribution in [0.4, 0.5) is 11.6 Å². The van der Waals surface area contributed by atoms with Crippen molar-refractivity contribution in [2.45, 2.75) is 26.4 Å². The Labute approximate surface area is 169 Å². The van der Waals surface area contributed by atoms with Crippen molar-refractivity contribution >= 4 is 22.7 Å². The van der Waals surface area contributed by atoms with Crippen molar-refractivity contribution in [3.05, 3.63) is 54.1 Å². The molecular weight excluding hydrogens is 366 g/mol. The van der Waals surface area contributed by atoms with Crippen LogP contribution >= 0.6 is 0 Å². The van der Waals surface area contributed by atoms with E-state index in [0.717, 1.165) is 33.4 Å². The van der Waals surface area contributed by atoms with Gasteiger partial charge in [0, 0.05) is 37.7 Å². The summed E-state index contributed by atoms with van der Waals surface area (Å²) in [5.41, 5.74) is 5.52. The van der Waals surface area contributed by atoms with Crippen molar-refractivity contribution in [1.82, 2.24) is 29.9 Å². The van der Waals surface area contributed by atoms with Crippen LogP contribution in [0.3, 0.4) is 0 Å². The van der Waals surface area contributed by atoms with E-state index in [1.807, 2.05) is 43.7 Å². The van der Waals surface area contributed by atoms with E-state index in [1.54, 1.807) is 18.0 Å². The number of aryl methyl sites for hydroxylation is 1. The Kier molecular flexibility index (Phi) is 5.18. The minimum atomic E-state index is 0.378. The number of ether oxygens (including phenoxy) is 1. The molecule has 4 heterocycles. The number of anilines is 2. The molecule has 0 radical (unpaired) electrons. The number of rotatable bonds is 6. The Morgan fingerprint density at radius 2 is 1.97 bits per heavy atom. The number of pyridine rings is 2. The van der Waals surface area contributed by atoms with Crippen molar-refractivity contribution in [1.29, 1.82) is 0 Å². The lowest BCUT2D eigenvalue weighted by atomic mass is 10.1. The summed E-state index contributed by atoms with van der Waals surface area (Å²) in [6.07, 6.45) is 5.59. The zero-order valence-electron chi connectivity index (χ0n) is 16.9. The average Bonchev–Trinajstić information content (AvgIpc) is 3.08. The van der Waals surface area contributed by atoms with Crippen LogP contribution in [0.2, 0.25) is 0 Å². The first-order valence-corrected chi connectivity index (χ1v) is 9.42. The first-order valence-electron chi connectivity index (χ1n) is 9.42. The third kappa shape index (κ3) is 4.07. The highest BCUT2D eigenvalue weighted by molar-refractivity contribution is 5.82. The Hall–Kier alpha value is -3.39. The molecule has 8 heteroatoms. The topological polar surface area (TPSA) is 90.6 Å². The third-order valence-corrected chi connectivity index (χ3v) is 4.63. The maximum absolute atomic E-state index is 5.27. The van der Waals surface area contributed by atoms with Crippen molar-refractivity contribution in [2.75, 3.05) is 12.4 Å². The normalized spacial score (nSPS) is 11.3. The van der Waals surface area contributed by atoms with Gasteiger partial charge in [-0.2, -0.15) is 10.2 Å². The fraction of sp³-hybridized carbons (Fsp3) is 0.286. The van der Waals surface area contributed by atoms with Gasteiger partial charge < -0.3 is 10.1 Å². The van der Waals surface area contributed by atoms with Gasteiger partial charge in [0.15, 0.2) is 5.82 Å². The molecule has 4 aromatic rings. The molecule has 29 heavy (non-hydrogen) atoms. The lowest BCUT2D eigenvalue weighted by Gasteiger charge is -2.09. The largest absolute Gasteiger partial charge is 0.378 e. The molecule has 0 fully saturated rings. The van der Waals surface area contributed by atoms with Gasteiger partial charge in [-0.1, -0.05) is 13.8 Å². The van der Waals surface area contributed by atoms with Crippen molar-refractivity contribution in [3.8, 4) is 11.1 Å². The van der Waals surface area contributed by atoms with E-state index in [1.165, 1.54) is 0 Å². The van der Waals surface area contributed by atoms with Crippen molar-refractivity contribution in [2.24, 2.45) is 7.05 Å². The van der Waals surface area contributed by atoms with E-state index in [4.69, 9.17) is 9.72 Å². The molecule has 0 unspecified atom stereocenters. The fourth-order valence-electron chi connectivity index (χ4n) is 3.13. The Bertz CT molecular complexity index is 1150. The van der Waals surface area contributed by atoms with Gasteiger partial charge in [-0.05, 0) is 35.7 Å². The number of nitrogens with one attached hydrogen (secondary N) is 1. The molecule has 0 saturated heterocycles. The lowest BCUT2D eigenvalue weighted by molar-refractivity contribution is 0.181. The van der Waals surface area contributed by atoms with Crippen LogP contribution in [0.1, 0.15) is 31.0 Å². The fourth-order valence-corrected chi connectivity index (χ4v) is 3.13. The highest BCUT2D eigenvalue weighted by atomic mass is 16.5. The summed E-state index contributed by atoms with van der Waals surface area (Å²) in [7, 11) is 3.55. The van der Waals surface area contributed by atoms with Gasteiger partial charge in [0.05, 0.1) is 29.5 Å². The van der Waals surface area contributed by atoms with E-state index in [0.29, 0.717) is 24.2 Å². The smallest absolute Gasteiger partial charge is 0.154 e. The molecule has 0 aliphatic rings. The zero-order chi connectivity index (χ0) is 20.4. The predicted molar refractivity (Wildman–Crippen MR) is 112 cm³/mol. The van der Waals surface area contributed by atoms with E-state index in [2.05, 4.69) is 39.4 Å². The first-order chi connectivity index (χ1) is 14.0. The van der Waals surface area contributed by atoms with Crippen molar-refractivity contribution < 1.29 is 4.74 Å². The Balaban J connectivity index is 1.68. The van der Waals surface area contributed by atoms with Crippen molar-refractivity contribution in [3.63, 3.8) is 0 Å². The third-order valence-electron chi connectivity index (χ3n) is 4.63. The summed E-state index contributed by atoms with van der Waals surface area (Å²) in [6.45, 7) is 4.69. The molecule has 0 aliphatic carbocycles. The minimum Gasteiger partial charge on any atom is -0.378 e. The summed E-state index contributed by atoms with van der Waals surface area (Å²) >= 11 is 0. The zero-order valence-corrected chi connectivity index (χ0v) is 16.9. The summed E-state index contributed by atoms with van der Waals surface area (Å²) in [5.74, 6) is 1.74. The second kappa shape index (κ2) is 7.92. The highest BCUT2D eigenvalue weighted by Gasteiger charge is 2.12. The van der Waals surface area contributed by atoms with E-state index in [9.17, 15) is 0 Å². The lowest BCUT2D eigenvalue weighted by Crippen LogP contribution is -2.00. The Morgan fingerprint density at radius 1 is 1.10 bits per heavy atom. The molecule has 0 aromatic carbocycles. The molecule has 0 saturated carbocycles. The molecule has 8 nitrogen and oxygen atoms in total. The summed E-state index contributed by atoms with van der Waals surface area (Å²) < 4.78 is 7.05. The standard InChI is InChI=1S/C21H23N7O/c1-13(2)14-8-21(26-23-10-14)25-20-6-5-17-18(24-20)7-15(9-22-17)16-11-28(3)27-19(16)12-29-4/h5-11,13H,12H2,1-4H3,(H,24,25,26). The van der Waals surface area contributed by atoms with Gasteiger partial charge in [-0.25, -0.2) is 4.98 Å². The second-order valence-electron chi connectivity index (χ2n) is 7.21. The molecule has 0 spiro atoms. The number of aromatic nitrogens is 6. The number of methoxy groups -OCH3 is 1. The average molecular weight is 389 g/mol. The maximum atomic E-state index is 5.27. The van der Waals surface area contributed by atoms with E-state index in [-0.39, 0.29) is 0 Å². The monoisotopic (exact) mass is 389 g/mol. The number of fused-ring (bicyclic) bond motifs is 1. The number of hydrogen-bond donors (Lipinski definition) is 1. The van der Waals surface area contributed by atoms with Gasteiger partial charge in [0.25, 0.3) is 0 Å².